The first-order valence-electron chi connectivity index (χ1n) is 6.13. The molecule has 3 heterocycles. The Morgan fingerprint density at radius 2 is 2.11 bits per heavy atom. The molecule has 0 amide bonds. The number of thiazole rings is 1. The van der Waals surface area contributed by atoms with Gasteiger partial charge in [0.05, 0.1) is 22.8 Å². The Hall–Kier alpha value is -1.79. The van der Waals surface area contributed by atoms with Crippen molar-refractivity contribution >= 4 is 16.3 Å². The van der Waals surface area contributed by atoms with Crippen molar-refractivity contribution in [1.29, 1.82) is 0 Å². The monoisotopic (exact) mass is 273 g/mol. The Kier molecular flexibility index (Phi) is 3.27. The van der Waals surface area contributed by atoms with Gasteiger partial charge < -0.3 is 5.32 Å². The molecule has 0 aromatic carbocycles. The van der Waals surface area contributed by atoms with Gasteiger partial charge in [0.15, 0.2) is 4.96 Å². The third-order valence-electron chi connectivity index (χ3n) is 2.99. The summed E-state index contributed by atoms with van der Waals surface area (Å²) in [7, 11) is 0. The van der Waals surface area contributed by atoms with E-state index in [-0.39, 0.29) is 0 Å². The predicted molar refractivity (Wildman–Crippen MR) is 75.1 cm³/mol. The van der Waals surface area contributed by atoms with Crippen molar-refractivity contribution in [2.45, 2.75) is 26.9 Å². The van der Waals surface area contributed by atoms with Crippen LogP contribution in [-0.4, -0.2) is 19.4 Å². The number of nitrogens with zero attached hydrogens (tertiary/aromatic N) is 4. The fraction of sp³-hybridized carbons (Fsp3) is 0.308. The highest BCUT2D eigenvalue weighted by Crippen LogP contribution is 2.16. The van der Waals surface area contributed by atoms with Gasteiger partial charge in [0.2, 0.25) is 0 Å². The van der Waals surface area contributed by atoms with E-state index in [2.05, 4.69) is 36.2 Å². The average Bonchev–Trinajstić information content (AvgIpc) is 2.94. The van der Waals surface area contributed by atoms with E-state index in [1.165, 1.54) is 5.69 Å². The van der Waals surface area contributed by atoms with E-state index in [0.717, 1.165) is 28.6 Å². The topological polar surface area (TPSA) is 55.1 Å². The molecule has 0 unspecified atom stereocenters. The van der Waals surface area contributed by atoms with E-state index in [1.807, 2.05) is 20.0 Å². The van der Waals surface area contributed by atoms with Crippen LogP contribution in [0, 0.1) is 13.8 Å². The molecule has 0 spiro atoms. The lowest BCUT2D eigenvalue weighted by Crippen LogP contribution is -2.15. The van der Waals surface area contributed by atoms with Crippen molar-refractivity contribution in [1.82, 2.24) is 24.7 Å². The molecule has 5 nitrogen and oxygen atoms in total. The second kappa shape index (κ2) is 5.07. The van der Waals surface area contributed by atoms with Crippen molar-refractivity contribution < 1.29 is 0 Å². The molecular formula is C13H15N5S. The molecule has 6 heteroatoms. The number of nitrogens with one attached hydrogen (secondary N) is 1. The quantitative estimate of drug-likeness (QED) is 0.791. The highest BCUT2D eigenvalue weighted by atomic mass is 32.1. The van der Waals surface area contributed by atoms with Crippen LogP contribution in [0.1, 0.15) is 22.8 Å². The van der Waals surface area contributed by atoms with Crippen molar-refractivity contribution in [3.8, 4) is 0 Å². The number of imidazole rings is 1. The molecule has 0 saturated carbocycles. The van der Waals surface area contributed by atoms with Crippen LogP contribution in [0.3, 0.4) is 0 Å². The summed E-state index contributed by atoms with van der Waals surface area (Å²) in [4.78, 5) is 14.1. The smallest absolute Gasteiger partial charge is 0.194 e. The van der Waals surface area contributed by atoms with E-state index in [4.69, 9.17) is 0 Å². The summed E-state index contributed by atoms with van der Waals surface area (Å²) in [5.41, 5.74) is 4.18. The van der Waals surface area contributed by atoms with Crippen molar-refractivity contribution in [2.75, 3.05) is 0 Å². The van der Waals surface area contributed by atoms with Gasteiger partial charge in [-0.15, -0.1) is 11.3 Å². The van der Waals surface area contributed by atoms with Crippen LogP contribution in [-0.2, 0) is 13.1 Å². The summed E-state index contributed by atoms with van der Waals surface area (Å²) >= 11 is 1.66. The van der Waals surface area contributed by atoms with Gasteiger partial charge in [-0.1, -0.05) is 0 Å². The lowest BCUT2D eigenvalue weighted by atomic mass is 10.3. The van der Waals surface area contributed by atoms with Gasteiger partial charge in [-0.3, -0.25) is 14.4 Å². The van der Waals surface area contributed by atoms with Gasteiger partial charge in [0.25, 0.3) is 0 Å². The van der Waals surface area contributed by atoms with Gasteiger partial charge in [-0.25, -0.2) is 4.98 Å². The molecular weight excluding hydrogens is 258 g/mol. The summed E-state index contributed by atoms with van der Waals surface area (Å²) in [5.74, 6) is 0. The Morgan fingerprint density at radius 3 is 2.89 bits per heavy atom. The van der Waals surface area contributed by atoms with Crippen LogP contribution in [0.15, 0.2) is 24.0 Å². The van der Waals surface area contributed by atoms with Gasteiger partial charge in [-0.05, 0) is 13.8 Å². The molecule has 0 bridgehead atoms. The minimum Gasteiger partial charge on any atom is -0.305 e. The third kappa shape index (κ3) is 2.50. The fourth-order valence-corrected chi connectivity index (χ4v) is 2.75. The summed E-state index contributed by atoms with van der Waals surface area (Å²) in [6.45, 7) is 5.47. The molecule has 19 heavy (non-hydrogen) atoms. The third-order valence-corrected chi connectivity index (χ3v) is 3.75. The fourth-order valence-electron chi connectivity index (χ4n) is 1.97. The zero-order chi connectivity index (χ0) is 13.2. The largest absolute Gasteiger partial charge is 0.305 e. The standard InChI is InChI=1S/C13H15N5S/c1-9-5-16-11(7-15-9)6-14-8-12-10(2)17-13-18(12)3-4-19-13/h3-5,7,14H,6,8H2,1-2H3. The first kappa shape index (κ1) is 12.3. The number of hydrogen-bond acceptors (Lipinski definition) is 5. The zero-order valence-corrected chi connectivity index (χ0v) is 11.7. The summed E-state index contributed by atoms with van der Waals surface area (Å²) < 4.78 is 2.13. The number of hydrogen-bond donors (Lipinski definition) is 1. The van der Waals surface area contributed by atoms with Crippen LogP contribution < -0.4 is 5.32 Å². The first-order chi connectivity index (χ1) is 9.24. The summed E-state index contributed by atoms with van der Waals surface area (Å²) in [6, 6.07) is 0. The van der Waals surface area contributed by atoms with E-state index >= 15 is 0 Å². The molecule has 0 aliphatic heterocycles. The molecule has 3 aromatic rings. The average molecular weight is 273 g/mol. The Balaban J connectivity index is 1.67. The highest BCUT2D eigenvalue weighted by molar-refractivity contribution is 7.15. The second-order valence-corrected chi connectivity index (χ2v) is 5.33. The number of aryl methyl sites for hydroxylation is 2. The summed E-state index contributed by atoms with van der Waals surface area (Å²) in [6.07, 6.45) is 5.66. The maximum absolute atomic E-state index is 4.52. The minimum atomic E-state index is 0.712. The number of fused-ring (bicyclic) bond motifs is 1. The molecule has 3 aromatic heterocycles. The van der Waals surface area contributed by atoms with E-state index in [0.29, 0.717) is 6.54 Å². The zero-order valence-electron chi connectivity index (χ0n) is 10.9. The molecule has 1 N–H and O–H groups in total. The Bertz CT molecular complexity index is 683. The lowest BCUT2D eigenvalue weighted by molar-refractivity contribution is 0.658. The van der Waals surface area contributed by atoms with Crippen LogP contribution in [0.4, 0.5) is 0 Å². The Morgan fingerprint density at radius 1 is 1.21 bits per heavy atom. The van der Waals surface area contributed by atoms with Gasteiger partial charge in [0, 0.05) is 37.1 Å². The summed E-state index contributed by atoms with van der Waals surface area (Å²) in [5, 5.41) is 5.44. The predicted octanol–water partition coefficient (Wildman–Crippen LogP) is 2.09. The Labute approximate surface area is 115 Å². The van der Waals surface area contributed by atoms with Crippen molar-refractivity contribution in [3.63, 3.8) is 0 Å². The first-order valence-corrected chi connectivity index (χ1v) is 7.01. The molecule has 0 atom stereocenters. The lowest BCUT2D eigenvalue weighted by Gasteiger charge is -2.04. The van der Waals surface area contributed by atoms with Gasteiger partial charge >= 0.3 is 0 Å². The molecule has 0 fully saturated rings. The van der Waals surface area contributed by atoms with Crippen molar-refractivity contribution in [3.05, 3.63) is 46.7 Å². The van der Waals surface area contributed by atoms with Crippen LogP contribution in [0.2, 0.25) is 0 Å². The van der Waals surface area contributed by atoms with Crippen molar-refractivity contribution in [2.24, 2.45) is 0 Å². The second-order valence-electron chi connectivity index (χ2n) is 4.45. The molecule has 0 radical (unpaired) electrons. The number of aromatic nitrogens is 4. The normalized spacial score (nSPS) is 11.3. The highest BCUT2D eigenvalue weighted by Gasteiger charge is 2.08. The molecule has 0 aliphatic rings. The minimum absolute atomic E-state index is 0.712. The molecule has 0 aliphatic carbocycles. The van der Waals surface area contributed by atoms with Crippen LogP contribution in [0.5, 0.6) is 0 Å². The van der Waals surface area contributed by atoms with Crippen LogP contribution in [0.25, 0.3) is 4.96 Å². The molecule has 0 saturated heterocycles. The molecule has 3 rings (SSSR count). The van der Waals surface area contributed by atoms with Crippen LogP contribution >= 0.6 is 11.3 Å². The van der Waals surface area contributed by atoms with Gasteiger partial charge in [-0.2, -0.15) is 0 Å². The SMILES string of the molecule is Cc1cnc(CNCc2c(C)nc3sccn23)cn1. The van der Waals surface area contributed by atoms with E-state index < -0.39 is 0 Å². The van der Waals surface area contributed by atoms with E-state index in [1.54, 1.807) is 17.5 Å². The molecule has 98 valence electrons. The van der Waals surface area contributed by atoms with E-state index in [9.17, 15) is 0 Å². The maximum atomic E-state index is 4.52. The van der Waals surface area contributed by atoms with Gasteiger partial charge in [0.1, 0.15) is 0 Å². The maximum Gasteiger partial charge on any atom is 0.194 e. The number of rotatable bonds is 4.